The molecule has 1 aromatic heterocycles. The summed E-state index contributed by atoms with van der Waals surface area (Å²) >= 11 is 5.86. The highest BCUT2D eigenvalue weighted by molar-refractivity contribution is 6.30. The van der Waals surface area contributed by atoms with Crippen LogP contribution in [0.4, 0.5) is 0 Å². The van der Waals surface area contributed by atoms with Crippen molar-refractivity contribution in [3.8, 4) is 23.5 Å². The van der Waals surface area contributed by atoms with E-state index in [1.165, 1.54) is 9.13 Å². The summed E-state index contributed by atoms with van der Waals surface area (Å²) in [5, 5.41) is 19.4. The van der Waals surface area contributed by atoms with E-state index in [4.69, 9.17) is 11.6 Å². The van der Waals surface area contributed by atoms with Gasteiger partial charge in [0.05, 0.1) is 11.4 Å². The average molecular weight is 321 g/mol. The third kappa shape index (κ3) is 2.40. The summed E-state index contributed by atoms with van der Waals surface area (Å²) in [7, 11) is 0. The maximum absolute atomic E-state index is 12.8. The van der Waals surface area contributed by atoms with E-state index in [-0.39, 0.29) is 11.4 Å². The molecule has 0 aliphatic heterocycles. The van der Waals surface area contributed by atoms with Crippen LogP contribution in [0.5, 0.6) is 0 Å². The zero-order chi connectivity index (χ0) is 16.4. The van der Waals surface area contributed by atoms with E-state index in [9.17, 15) is 15.3 Å². The molecule has 0 aliphatic rings. The van der Waals surface area contributed by atoms with E-state index in [2.05, 4.69) is 0 Å². The Morgan fingerprint density at radius 2 is 1.26 bits per heavy atom. The number of hydrogen-bond acceptors (Lipinski definition) is 3. The van der Waals surface area contributed by atoms with E-state index in [0.29, 0.717) is 16.4 Å². The van der Waals surface area contributed by atoms with Crippen molar-refractivity contribution in [1.29, 1.82) is 10.5 Å². The molecule has 110 valence electrons. The number of nitriles is 2. The molecular formula is C17H9ClN4O. The lowest BCUT2D eigenvalue weighted by Crippen LogP contribution is -2.23. The minimum absolute atomic E-state index is 0.00125. The van der Waals surface area contributed by atoms with Crippen molar-refractivity contribution in [2.45, 2.75) is 0 Å². The Balaban J connectivity index is 2.37. The Morgan fingerprint density at radius 1 is 0.783 bits per heavy atom. The lowest BCUT2D eigenvalue weighted by Gasteiger charge is -2.03. The lowest BCUT2D eigenvalue weighted by atomic mass is 10.2. The Kier molecular flexibility index (Phi) is 3.72. The Hall–Kier alpha value is -3.28. The molecule has 3 rings (SSSR count). The number of hydrogen-bond donors (Lipinski definition) is 0. The zero-order valence-corrected chi connectivity index (χ0v) is 12.5. The standard InChI is InChI=1S/C17H9ClN4O/c18-12-6-8-14(9-7-12)22-16(11-20)15(10-19)21(17(22)23)13-4-2-1-3-5-13/h1-9H. The first-order chi connectivity index (χ1) is 11.2. The highest BCUT2D eigenvalue weighted by atomic mass is 35.5. The van der Waals surface area contributed by atoms with Gasteiger partial charge in [-0.2, -0.15) is 10.5 Å². The van der Waals surface area contributed by atoms with Crippen LogP contribution in [0.3, 0.4) is 0 Å². The first kappa shape index (κ1) is 14.6. The first-order valence-corrected chi connectivity index (χ1v) is 7.04. The Morgan fingerprint density at radius 3 is 1.74 bits per heavy atom. The van der Waals surface area contributed by atoms with Crippen LogP contribution in [-0.2, 0) is 0 Å². The molecule has 0 aliphatic carbocycles. The first-order valence-electron chi connectivity index (χ1n) is 6.66. The van der Waals surface area contributed by atoms with Gasteiger partial charge in [0.2, 0.25) is 0 Å². The van der Waals surface area contributed by atoms with Crippen molar-refractivity contribution in [3.63, 3.8) is 0 Å². The third-order valence-corrected chi connectivity index (χ3v) is 3.62. The van der Waals surface area contributed by atoms with Gasteiger partial charge in [0.15, 0.2) is 11.4 Å². The second-order valence-corrected chi connectivity index (χ2v) is 5.12. The van der Waals surface area contributed by atoms with Crippen molar-refractivity contribution < 1.29 is 0 Å². The summed E-state index contributed by atoms with van der Waals surface area (Å²) in [5.74, 6) is 0. The maximum Gasteiger partial charge on any atom is 0.339 e. The number of para-hydroxylation sites is 1. The maximum atomic E-state index is 12.8. The van der Waals surface area contributed by atoms with Crippen LogP contribution in [0.1, 0.15) is 11.4 Å². The van der Waals surface area contributed by atoms with Gasteiger partial charge in [0.25, 0.3) is 0 Å². The normalized spacial score (nSPS) is 10.0. The van der Waals surface area contributed by atoms with E-state index in [1.807, 2.05) is 18.2 Å². The van der Waals surface area contributed by atoms with E-state index in [1.54, 1.807) is 48.5 Å². The van der Waals surface area contributed by atoms with Crippen molar-refractivity contribution in [2.24, 2.45) is 0 Å². The van der Waals surface area contributed by atoms with Crippen LogP contribution < -0.4 is 5.69 Å². The second kappa shape index (κ2) is 5.84. The van der Waals surface area contributed by atoms with Crippen molar-refractivity contribution in [3.05, 3.63) is 81.5 Å². The number of benzene rings is 2. The Bertz CT molecular complexity index is 1000. The fraction of sp³-hybridized carbons (Fsp3) is 0. The van der Waals surface area contributed by atoms with E-state index in [0.717, 1.165) is 0 Å². The summed E-state index contributed by atoms with van der Waals surface area (Å²) in [6, 6.07) is 19.1. The molecule has 0 bridgehead atoms. The molecule has 0 saturated heterocycles. The number of rotatable bonds is 2. The quantitative estimate of drug-likeness (QED) is 0.728. The number of aromatic nitrogens is 2. The van der Waals surface area contributed by atoms with Gasteiger partial charge >= 0.3 is 5.69 Å². The summed E-state index contributed by atoms with van der Waals surface area (Å²) in [6.45, 7) is 0. The van der Waals surface area contributed by atoms with Gasteiger partial charge in [-0.15, -0.1) is 0 Å². The molecule has 0 fully saturated rings. The highest BCUT2D eigenvalue weighted by Crippen LogP contribution is 2.18. The molecule has 3 aromatic rings. The van der Waals surface area contributed by atoms with Crippen molar-refractivity contribution >= 4 is 11.6 Å². The number of nitrogens with zero attached hydrogens (tertiary/aromatic N) is 4. The third-order valence-electron chi connectivity index (χ3n) is 3.37. The highest BCUT2D eigenvalue weighted by Gasteiger charge is 2.21. The lowest BCUT2D eigenvalue weighted by molar-refractivity contribution is 0.900. The van der Waals surface area contributed by atoms with Crippen molar-refractivity contribution in [2.75, 3.05) is 0 Å². The van der Waals surface area contributed by atoms with Gasteiger partial charge in [0, 0.05) is 5.02 Å². The predicted molar refractivity (Wildman–Crippen MR) is 85.8 cm³/mol. The zero-order valence-electron chi connectivity index (χ0n) is 11.8. The number of imidazole rings is 1. The van der Waals surface area contributed by atoms with E-state index < -0.39 is 5.69 Å². The summed E-state index contributed by atoms with van der Waals surface area (Å²) in [5.41, 5.74) is 0.509. The van der Waals surface area contributed by atoms with Crippen LogP contribution in [0.15, 0.2) is 59.4 Å². The SMILES string of the molecule is N#Cc1c(C#N)n(-c2ccc(Cl)cc2)c(=O)n1-c1ccccc1. The van der Waals surface area contributed by atoms with Gasteiger partial charge in [-0.05, 0) is 36.4 Å². The van der Waals surface area contributed by atoms with Crippen LogP contribution in [0.2, 0.25) is 5.02 Å². The van der Waals surface area contributed by atoms with Crippen LogP contribution in [-0.4, -0.2) is 9.13 Å². The molecule has 0 saturated carbocycles. The molecule has 23 heavy (non-hydrogen) atoms. The summed E-state index contributed by atoms with van der Waals surface area (Å²) in [4.78, 5) is 12.8. The topological polar surface area (TPSA) is 74.5 Å². The molecule has 5 nitrogen and oxygen atoms in total. The van der Waals surface area contributed by atoms with Gasteiger partial charge in [0.1, 0.15) is 12.1 Å². The van der Waals surface area contributed by atoms with Gasteiger partial charge in [-0.1, -0.05) is 29.8 Å². The van der Waals surface area contributed by atoms with Crippen molar-refractivity contribution in [1.82, 2.24) is 9.13 Å². The molecule has 2 aromatic carbocycles. The molecule has 6 heteroatoms. The largest absolute Gasteiger partial charge is 0.339 e. The predicted octanol–water partition coefficient (Wildman–Crippen LogP) is 3.02. The molecule has 0 N–H and O–H groups in total. The minimum Gasteiger partial charge on any atom is -0.250 e. The fourth-order valence-electron chi connectivity index (χ4n) is 2.36. The summed E-state index contributed by atoms with van der Waals surface area (Å²) < 4.78 is 2.44. The summed E-state index contributed by atoms with van der Waals surface area (Å²) in [6.07, 6.45) is 0. The molecule has 1 heterocycles. The average Bonchev–Trinajstić information content (AvgIpc) is 2.88. The monoisotopic (exact) mass is 320 g/mol. The fourth-order valence-corrected chi connectivity index (χ4v) is 2.48. The van der Waals surface area contributed by atoms with Gasteiger partial charge < -0.3 is 0 Å². The van der Waals surface area contributed by atoms with E-state index >= 15 is 0 Å². The Labute approximate surface area is 136 Å². The molecule has 0 atom stereocenters. The smallest absolute Gasteiger partial charge is 0.250 e. The molecule has 0 amide bonds. The van der Waals surface area contributed by atoms with Crippen LogP contribution in [0, 0.1) is 22.7 Å². The minimum atomic E-state index is -0.480. The molecule has 0 unspecified atom stereocenters. The van der Waals surface area contributed by atoms with Crippen LogP contribution in [0.25, 0.3) is 11.4 Å². The van der Waals surface area contributed by atoms with Gasteiger partial charge in [-0.25, -0.2) is 13.9 Å². The van der Waals surface area contributed by atoms with Gasteiger partial charge in [-0.3, -0.25) is 0 Å². The molecule has 0 spiro atoms. The molecular weight excluding hydrogens is 312 g/mol. The second-order valence-electron chi connectivity index (χ2n) is 4.69. The number of halogens is 1. The molecule has 0 radical (unpaired) electrons. The van der Waals surface area contributed by atoms with Crippen LogP contribution >= 0.6 is 11.6 Å².